The van der Waals surface area contributed by atoms with Gasteiger partial charge < -0.3 is 15.3 Å². The highest BCUT2D eigenvalue weighted by Crippen LogP contribution is 2.50. The first kappa shape index (κ1) is 25.6. The third kappa shape index (κ3) is 9.16. The maximum absolute atomic E-state index is 13.4. The second kappa shape index (κ2) is 12.4. The zero-order chi connectivity index (χ0) is 22.9. The van der Waals surface area contributed by atoms with Gasteiger partial charge in [0.05, 0.1) is 5.92 Å². The largest absolute Gasteiger partial charge is 0.481 e. The van der Waals surface area contributed by atoms with Crippen molar-refractivity contribution in [2.45, 2.75) is 77.4 Å². The summed E-state index contributed by atoms with van der Waals surface area (Å²) in [7, 11) is -3.90. The van der Waals surface area contributed by atoms with Crippen molar-refractivity contribution in [2.24, 2.45) is 17.8 Å². The first-order valence-electron chi connectivity index (χ1n) is 11.5. The van der Waals surface area contributed by atoms with E-state index in [-0.39, 0.29) is 24.4 Å². The van der Waals surface area contributed by atoms with Gasteiger partial charge in [0.15, 0.2) is 0 Å². The summed E-state index contributed by atoms with van der Waals surface area (Å²) in [5, 5.41) is 12.4. The Morgan fingerprint density at radius 2 is 1.77 bits per heavy atom. The number of carbonyl (C=O) groups is 2. The Morgan fingerprint density at radius 3 is 2.35 bits per heavy atom. The Labute approximate surface area is 186 Å². The van der Waals surface area contributed by atoms with Crippen LogP contribution in [0.4, 0.5) is 0 Å². The number of aliphatic carboxylic acids is 1. The summed E-state index contributed by atoms with van der Waals surface area (Å²) in [5.74, 6) is -2.66. The van der Waals surface area contributed by atoms with Crippen LogP contribution in [0.25, 0.3) is 0 Å². The van der Waals surface area contributed by atoms with Gasteiger partial charge in [-0.25, -0.2) is 0 Å². The molecule has 3 N–H and O–H groups in total. The number of carboxylic acids is 1. The smallest absolute Gasteiger partial charge is 0.307 e. The lowest BCUT2D eigenvalue weighted by atomic mass is 9.87. The lowest BCUT2D eigenvalue weighted by Crippen LogP contribution is -2.38. The zero-order valence-electron chi connectivity index (χ0n) is 18.8. The van der Waals surface area contributed by atoms with Crippen molar-refractivity contribution in [3.63, 3.8) is 0 Å². The molecule has 1 amide bonds. The molecule has 31 heavy (non-hydrogen) atoms. The lowest BCUT2D eigenvalue weighted by Gasteiger charge is -2.31. The van der Waals surface area contributed by atoms with E-state index in [9.17, 15) is 24.2 Å². The van der Waals surface area contributed by atoms with Gasteiger partial charge in [-0.2, -0.15) is 0 Å². The number of hydrogen-bond acceptors (Lipinski definition) is 3. The zero-order valence-corrected chi connectivity index (χ0v) is 19.7. The van der Waals surface area contributed by atoms with Gasteiger partial charge in [0.1, 0.15) is 5.78 Å². The molecule has 174 valence electrons. The molecule has 1 aliphatic carbocycles. The summed E-state index contributed by atoms with van der Waals surface area (Å²) in [6.07, 6.45) is 6.64. The van der Waals surface area contributed by atoms with Crippen LogP contribution in [-0.4, -0.2) is 33.8 Å². The van der Waals surface area contributed by atoms with E-state index in [2.05, 4.69) is 5.32 Å². The van der Waals surface area contributed by atoms with Crippen molar-refractivity contribution in [3.05, 3.63) is 35.9 Å². The van der Waals surface area contributed by atoms with E-state index in [4.69, 9.17) is 0 Å². The molecule has 1 fully saturated rings. The van der Waals surface area contributed by atoms with Crippen LogP contribution >= 0.6 is 7.37 Å². The molecule has 0 spiro atoms. The molecule has 3 unspecified atom stereocenters. The van der Waals surface area contributed by atoms with Gasteiger partial charge in [-0.15, -0.1) is 0 Å². The Bertz CT molecular complexity index is 746. The topological polar surface area (TPSA) is 104 Å². The molecule has 1 aliphatic rings. The summed E-state index contributed by atoms with van der Waals surface area (Å²) < 4.78 is 13.4. The number of benzene rings is 1. The minimum atomic E-state index is -3.90. The van der Waals surface area contributed by atoms with Crippen LogP contribution in [0.5, 0.6) is 0 Å². The molecule has 2 rings (SSSR count). The summed E-state index contributed by atoms with van der Waals surface area (Å²) in [4.78, 5) is 35.3. The van der Waals surface area contributed by atoms with Crippen molar-refractivity contribution in [3.8, 4) is 0 Å². The van der Waals surface area contributed by atoms with Crippen molar-refractivity contribution in [1.82, 2.24) is 5.32 Å². The standard InChI is InChI=1S/C24H38NO5P/c1-18(2)15-21(24(27)28)17-31(29,30)23(16-20-11-7-4-8-12-20)25-22(26)14-13-19-9-5-3-6-10-19/h3,5-6,9-10,18,20-21,23H,4,7-8,11-17H2,1-2H3,(H,25,26)(H,27,28)(H,29,30). The fraction of sp³-hybridized carbons (Fsp3) is 0.667. The molecule has 7 heteroatoms. The van der Waals surface area contributed by atoms with E-state index >= 15 is 0 Å². The highest BCUT2D eigenvalue weighted by Gasteiger charge is 2.38. The van der Waals surface area contributed by atoms with Crippen LogP contribution in [0.3, 0.4) is 0 Å². The number of hydrogen-bond donors (Lipinski definition) is 3. The molecule has 3 atom stereocenters. The van der Waals surface area contributed by atoms with Crippen molar-refractivity contribution in [2.75, 3.05) is 6.16 Å². The highest BCUT2D eigenvalue weighted by atomic mass is 31.2. The molecule has 1 saturated carbocycles. The van der Waals surface area contributed by atoms with Gasteiger partial charge in [-0.05, 0) is 36.7 Å². The molecular weight excluding hydrogens is 413 g/mol. The average Bonchev–Trinajstić information content (AvgIpc) is 2.72. The van der Waals surface area contributed by atoms with E-state index in [0.717, 1.165) is 31.2 Å². The number of rotatable bonds is 12. The van der Waals surface area contributed by atoms with Gasteiger partial charge in [-0.3, -0.25) is 14.2 Å². The summed E-state index contributed by atoms with van der Waals surface area (Å²) in [6.45, 7) is 3.81. The van der Waals surface area contributed by atoms with Gasteiger partial charge in [0, 0.05) is 12.6 Å². The van der Waals surface area contributed by atoms with Crippen LogP contribution in [0, 0.1) is 17.8 Å². The number of aryl methyl sites for hydroxylation is 1. The van der Waals surface area contributed by atoms with Gasteiger partial charge in [0.25, 0.3) is 0 Å². The molecule has 1 aromatic rings. The highest BCUT2D eigenvalue weighted by molar-refractivity contribution is 7.58. The molecule has 1 aromatic carbocycles. The Kier molecular flexibility index (Phi) is 10.2. The summed E-state index contributed by atoms with van der Waals surface area (Å²) in [5.41, 5.74) is 1.04. The predicted molar refractivity (Wildman–Crippen MR) is 123 cm³/mol. The van der Waals surface area contributed by atoms with Crippen LogP contribution in [-0.2, 0) is 20.6 Å². The summed E-state index contributed by atoms with van der Waals surface area (Å²) >= 11 is 0. The summed E-state index contributed by atoms with van der Waals surface area (Å²) in [6, 6.07) is 9.66. The van der Waals surface area contributed by atoms with Crippen molar-refractivity contribution >= 4 is 19.2 Å². The maximum atomic E-state index is 13.4. The molecule has 0 bridgehead atoms. The molecule has 0 heterocycles. The van der Waals surface area contributed by atoms with Crippen LogP contribution < -0.4 is 5.32 Å². The van der Waals surface area contributed by atoms with E-state index < -0.39 is 25.0 Å². The molecule has 6 nitrogen and oxygen atoms in total. The van der Waals surface area contributed by atoms with E-state index in [1.165, 1.54) is 6.42 Å². The van der Waals surface area contributed by atoms with Crippen LogP contribution in [0.1, 0.15) is 70.8 Å². The number of carbonyl (C=O) groups excluding carboxylic acids is 1. The number of nitrogens with one attached hydrogen (secondary N) is 1. The van der Waals surface area contributed by atoms with E-state index in [0.29, 0.717) is 25.2 Å². The molecular formula is C24H38NO5P. The molecule has 0 aromatic heterocycles. The SMILES string of the molecule is CC(C)CC(CP(=O)(O)C(CC1CCCCC1)NC(=O)CCc1ccccc1)C(=O)O. The normalized spacial score (nSPS) is 18.8. The van der Waals surface area contributed by atoms with Crippen LogP contribution in [0.2, 0.25) is 0 Å². The van der Waals surface area contributed by atoms with Gasteiger partial charge >= 0.3 is 5.97 Å². The van der Waals surface area contributed by atoms with E-state index in [1.54, 1.807) is 0 Å². The lowest BCUT2D eigenvalue weighted by molar-refractivity contribution is -0.141. The second-order valence-corrected chi connectivity index (χ2v) is 11.9. The quantitative estimate of drug-likeness (QED) is 0.386. The third-order valence-electron chi connectivity index (χ3n) is 6.17. The average molecular weight is 452 g/mol. The first-order chi connectivity index (χ1) is 14.7. The monoisotopic (exact) mass is 451 g/mol. The minimum absolute atomic E-state index is 0.110. The van der Waals surface area contributed by atoms with Crippen LogP contribution in [0.15, 0.2) is 30.3 Å². The molecule has 0 aliphatic heterocycles. The minimum Gasteiger partial charge on any atom is -0.481 e. The fourth-order valence-corrected chi connectivity index (χ4v) is 6.65. The Hall–Kier alpha value is -1.65. The first-order valence-corrected chi connectivity index (χ1v) is 13.5. The number of carboxylic acid groups (broad SMARTS) is 1. The van der Waals surface area contributed by atoms with Crippen molar-refractivity contribution < 1.29 is 24.2 Å². The maximum Gasteiger partial charge on any atom is 0.307 e. The third-order valence-corrected chi connectivity index (χ3v) is 8.44. The molecule has 0 radical (unpaired) electrons. The Balaban J connectivity index is 2.08. The van der Waals surface area contributed by atoms with Gasteiger partial charge in [-0.1, -0.05) is 76.3 Å². The van der Waals surface area contributed by atoms with Crippen molar-refractivity contribution in [1.29, 1.82) is 0 Å². The van der Waals surface area contributed by atoms with E-state index in [1.807, 2.05) is 44.2 Å². The van der Waals surface area contributed by atoms with Gasteiger partial charge in [0.2, 0.25) is 13.3 Å². The predicted octanol–water partition coefficient (Wildman–Crippen LogP) is 5.05. The Morgan fingerprint density at radius 1 is 1.13 bits per heavy atom. The molecule has 0 saturated heterocycles. The second-order valence-electron chi connectivity index (χ2n) is 9.41. The fourth-order valence-electron chi connectivity index (χ4n) is 4.49. The number of amides is 1.